The van der Waals surface area contributed by atoms with Gasteiger partial charge in [-0.3, -0.25) is 9.59 Å². The maximum Gasteiger partial charge on any atom is 0.310 e. The van der Waals surface area contributed by atoms with E-state index in [1.54, 1.807) is 24.3 Å². The summed E-state index contributed by atoms with van der Waals surface area (Å²) in [6.45, 7) is 1.83. The van der Waals surface area contributed by atoms with E-state index in [0.717, 1.165) is 11.8 Å². The third-order valence-corrected chi connectivity index (χ3v) is 2.18. The molecule has 0 aliphatic heterocycles. The summed E-state index contributed by atoms with van der Waals surface area (Å²) >= 11 is 0. The summed E-state index contributed by atoms with van der Waals surface area (Å²) in [6.07, 6.45) is 1.29. The van der Waals surface area contributed by atoms with Crippen LogP contribution in [0.25, 0.3) is 0 Å². The van der Waals surface area contributed by atoms with Gasteiger partial charge in [0.15, 0.2) is 0 Å². The van der Waals surface area contributed by atoms with Crippen LogP contribution >= 0.6 is 0 Å². The molecule has 3 nitrogen and oxygen atoms in total. The Kier molecular flexibility index (Phi) is 3.40. The summed E-state index contributed by atoms with van der Waals surface area (Å²) in [5.41, 5.74) is 1.31. The van der Waals surface area contributed by atoms with Crippen molar-refractivity contribution < 1.29 is 14.7 Å². The highest BCUT2D eigenvalue weighted by Gasteiger charge is 2.16. The van der Waals surface area contributed by atoms with E-state index in [-0.39, 0.29) is 0 Å². The standard InChI is InChI=1S/C11H12O3/c1-2-10(11(13)14)9-5-3-8(7-12)4-6-9/h3-7,10H,2H2,1H3,(H,13,14)/t10-/m1/s1. The molecule has 74 valence electrons. The van der Waals surface area contributed by atoms with Gasteiger partial charge >= 0.3 is 5.97 Å². The maximum absolute atomic E-state index is 10.8. The van der Waals surface area contributed by atoms with Crippen LogP contribution in [0.5, 0.6) is 0 Å². The van der Waals surface area contributed by atoms with Crippen LogP contribution in [0.2, 0.25) is 0 Å². The fourth-order valence-electron chi connectivity index (χ4n) is 1.36. The first-order chi connectivity index (χ1) is 6.69. The Morgan fingerprint density at radius 1 is 1.43 bits per heavy atom. The molecule has 0 aliphatic carbocycles. The molecule has 0 aromatic heterocycles. The number of rotatable bonds is 4. The molecule has 1 aromatic carbocycles. The Hall–Kier alpha value is -1.64. The summed E-state index contributed by atoms with van der Waals surface area (Å²) < 4.78 is 0. The van der Waals surface area contributed by atoms with Gasteiger partial charge in [-0.25, -0.2) is 0 Å². The number of hydrogen-bond acceptors (Lipinski definition) is 2. The maximum atomic E-state index is 10.8. The van der Waals surface area contributed by atoms with Gasteiger partial charge in [0.1, 0.15) is 6.29 Å². The molecule has 14 heavy (non-hydrogen) atoms. The minimum atomic E-state index is -0.827. The minimum Gasteiger partial charge on any atom is -0.481 e. The highest BCUT2D eigenvalue weighted by Crippen LogP contribution is 2.19. The van der Waals surface area contributed by atoms with Gasteiger partial charge in [0.05, 0.1) is 5.92 Å². The molecule has 0 aliphatic rings. The smallest absolute Gasteiger partial charge is 0.310 e. The zero-order chi connectivity index (χ0) is 10.6. The lowest BCUT2D eigenvalue weighted by atomic mass is 9.96. The number of aldehydes is 1. The molecule has 0 amide bonds. The average Bonchev–Trinajstić information content (AvgIpc) is 2.19. The lowest BCUT2D eigenvalue weighted by Gasteiger charge is -2.09. The number of carbonyl (C=O) groups is 2. The first-order valence-electron chi connectivity index (χ1n) is 4.47. The van der Waals surface area contributed by atoms with Crippen LogP contribution in [0.4, 0.5) is 0 Å². The monoisotopic (exact) mass is 192 g/mol. The quantitative estimate of drug-likeness (QED) is 0.743. The highest BCUT2D eigenvalue weighted by atomic mass is 16.4. The van der Waals surface area contributed by atoms with Crippen LogP contribution in [0.3, 0.4) is 0 Å². The summed E-state index contributed by atoms with van der Waals surface area (Å²) in [6, 6.07) is 6.64. The molecule has 0 saturated heterocycles. The van der Waals surface area contributed by atoms with Crippen molar-refractivity contribution in [2.24, 2.45) is 0 Å². The van der Waals surface area contributed by atoms with Crippen molar-refractivity contribution in [2.75, 3.05) is 0 Å². The fraction of sp³-hybridized carbons (Fsp3) is 0.273. The Balaban J connectivity index is 2.94. The van der Waals surface area contributed by atoms with E-state index >= 15 is 0 Å². The highest BCUT2D eigenvalue weighted by molar-refractivity contribution is 5.78. The van der Waals surface area contributed by atoms with Crippen molar-refractivity contribution in [1.82, 2.24) is 0 Å². The molecule has 0 spiro atoms. The molecule has 0 heterocycles. The first-order valence-corrected chi connectivity index (χ1v) is 4.47. The van der Waals surface area contributed by atoms with Gasteiger partial charge in [-0.15, -0.1) is 0 Å². The van der Waals surface area contributed by atoms with Crippen LogP contribution in [-0.2, 0) is 4.79 Å². The van der Waals surface area contributed by atoms with Crippen LogP contribution in [-0.4, -0.2) is 17.4 Å². The van der Waals surface area contributed by atoms with E-state index in [2.05, 4.69) is 0 Å². The van der Waals surface area contributed by atoms with E-state index in [1.165, 1.54) is 0 Å². The molecule has 0 radical (unpaired) electrons. The Bertz CT molecular complexity index is 327. The van der Waals surface area contributed by atoms with Gasteiger partial charge in [0.2, 0.25) is 0 Å². The average molecular weight is 192 g/mol. The largest absolute Gasteiger partial charge is 0.481 e. The van der Waals surface area contributed by atoms with Crippen LogP contribution in [0.1, 0.15) is 35.2 Å². The SMILES string of the molecule is CC[C@@H](C(=O)O)c1ccc(C=O)cc1. The predicted octanol–water partition coefficient (Wildman–Crippen LogP) is 2.08. The van der Waals surface area contributed by atoms with Crippen LogP contribution < -0.4 is 0 Å². The number of carboxylic acid groups (broad SMARTS) is 1. The fourth-order valence-corrected chi connectivity index (χ4v) is 1.36. The van der Waals surface area contributed by atoms with Crippen molar-refractivity contribution in [1.29, 1.82) is 0 Å². The zero-order valence-corrected chi connectivity index (χ0v) is 7.93. The normalized spacial score (nSPS) is 12.1. The third-order valence-electron chi connectivity index (χ3n) is 2.18. The van der Waals surface area contributed by atoms with Gasteiger partial charge in [-0.1, -0.05) is 31.2 Å². The van der Waals surface area contributed by atoms with Gasteiger partial charge in [0, 0.05) is 5.56 Å². The van der Waals surface area contributed by atoms with E-state index in [9.17, 15) is 9.59 Å². The molecular formula is C11H12O3. The van der Waals surface area contributed by atoms with Gasteiger partial charge < -0.3 is 5.11 Å². The second-order valence-corrected chi connectivity index (χ2v) is 3.08. The molecule has 1 atom stereocenters. The number of aliphatic carboxylic acids is 1. The Morgan fingerprint density at radius 2 is 2.00 bits per heavy atom. The lowest BCUT2D eigenvalue weighted by molar-refractivity contribution is -0.138. The third kappa shape index (κ3) is 2.19. The van der Waals surface area contributed by atoms with Crippen molar-refractivity contribution in [3.63, 3.8) is 0 Å². The molecule has 0 bridgehead atoms. The Morgan fingerprint density at radius 3 is 2.36 bits per heavy atom. The zero-order valence-electron chi connectivity index (χ0n) is 7.93. The van der Waals surface area contributed by atoms with E-state index < -0.39 is 11.9 Å². The molecule has 1 N–H and O–H groups in total. The number of hydrogen-bond donors (Lipinski definition) is 1. The molecular weight excluding hydrogens is 180 g/mol. The molecule has 0 fully saturated rings. The summed E-state index contributed by atoms with van der Waals surface area (Å²) in [5.74, 6) is -1.30. The second kappa shape index (κ2) is 4.56. The topological polar surface area (TPSA) is 54.4 Å². The van der Waals surface area contributed by atoms with Crippen molar-refractivity contribution in [3.8, 4) is 0 Å². The minimum absolute atomic E-state index is 0.476. The van der Waals surface area contributed by atoms with E-state index in [4.69, 9.17) is 5.11 Å². The number of carbonyl (C=O) groups excluding carboxylic acids is 1. The number of carboxylic acids is 1. The van der Waals surface area contributed by atoms with Crippen molar-refractivity contribution in [2.45, 2.75) is 19.3 Å². The van der Waals surface area contributed by atoms with Crippen molar-refractivity contribution >= 4 is 12.3 Å². The van der Waals surface area contributed by atoms with Crippen LogP contribution in [0.15, 0.2) is 24.3 Å². The lowest BCUT2D eigenvalue weighted by Crippen LogP contribution is -2.10. The van der Waals surface area contributed by atoms with Crippen LogP contribution in [0, 0.1) is 0 Å². The molecule has 1 rings (SSSR count). The molecule has 0 saturated carbocycles. The molecule has 3 heteroatoms. The summed E-state index contributed by atoms with van der Waals surface area (Å²) in [4.78, 5) is 21.2. The molecule has 0 unspecified atom stereocenters. The predicted molar refractivity (Wildman–Crippen MR) is 52.5 cm³/mol. The van der Waals surface area contributed by atoms with Gasteiger partial charge in [-0.05, 0) is 12.0 Å². The van der Waals surface area contributed by atoms with E-state index in [1.807, 2.05) is 6.92 Å². The Labute approximate surface area is 82.4 Å². The first kappa shape index (κ1) is 10.4. The van der Waals surface area contributed by atoms with Crippen molar-refractivity contribution in [3.05, 3.63) is 35.4 Å². The van der Waals surface area contributed by atoms with Gasteiger partial charge in [0.25, 0.3) is 0 Å². The van der Waals surface area contributed by atoms with Gasteiger partial charge in [-0.2, -0.15) is 0 Å². The molecule has 1 aromatic rings. The summed E-state index contributed by atoms with van der Waals surface area (Å²) in [5, 5.41) is 8.88. The van der Waals surface area contributed by atoms with E-state index in [0.29, 0.717) is 12.0 Å². The second-order valence-electron chi connectivity index (χ2n) is 3.08. The summed E-state index contributed by atoms with van der Waals surface area (Å²) in [7, 11) is 0. The number of benzene rings is 1.